The molecule has 1 heterocycles. The van der Waals surface area contributed by atoms with Crippen LogP contribution >= 0.6 is 11.8 Å². The summed E-state index contributed by atoms with van der Waals surface area (Å²) < 4.78 is 0. The lowest BCUT2D eigenvalue weighted by Crippen LogP contribution is -2.49. The predicted molar refractivity (Wildman–Crippen MR) is 67.8 cm³/mol. The molecule has 1 amide bonds. The van der Waals surface area contributed by atoms with Crippen molar-refractivity contribution >= 4 is 23.4 Å². The highest BCUT2D eigenvalue weighted by Gasteiger charge is 2.27. The molecule has 3 nitrogen and oxygen atoms in total. The van der Waals surface area contributed by atoms with Gasteiger partial charge in [-0.05, 0) is 26.0 Å². The Balaban J connectivity index is 2.33. The van der Waals surface area contributed by atoms with Gasteiger partial charge in [-0.25, -0.2) is 0 Å². The van der Waals surface area contributed by atoms with Crippen molar-refractivity contribution in [2.24, 2.45) is 5.73 Å². The molecule has 1 aliphatic heterocycles. The quantitative estimate of drug-likeness (QED) is 0.852. The number of fused-ring (bicyclic) bond motifs is 1. The van der Waals surface area contributed by atoms with E-state index < -0.39 is 0 Å². The van der Waals surface area contributed by atoms with Gasteiger partial charge in [-0.3, -0.25) is 4.79 Å². The summed E-state index contributed by atoms with van der Waals surface area (Å²) in [7, 11) is 0. The second kappa shape index (κ2) is 4.11. The first-order valence-corrected chi connectivity index (χ1v) is 6.27. The third-order valence-corrected chi connectivity index (χ3v) is 3.42. The van der Waals surface area contributed by atoms with Gasteiger partial charge >= 0.3 is 0 Å². The standard InChI is InChI=1S/C12H16N2OS/c1-12(2,13)8-14-9-5-3-4-6-10(9)16-7-11(14)15/h3-6H,7-8,13H2,1-2H3. The van der Waals surface area contributed by atoms with Crippen molar-refractivity contribution in [3.8, 4) is 0 Å². The normalized spacial score (nSPS) is 16.2. The van der Waals surface area contributed by atoms with Gasteiger partial charge in [-0.2, -0.15) is 0 Å². The molecule has 0 aliphatic carbocycles. The summed E-state index contributed by atoms with van der Waals surface area (Å²) >= 11 is 1.59. The van der Waals surface area contributed by atoms with Gasteiger partial charge < -0.3 is 10.6 Å². The largest absolute Gasteiger partial charge is 0.324 e. The first kappa shape index (κ1) is 11.5. The number of thioether (sulfide) groups is 1. The van der Waals surface area contributed by atoms with Crippen LogP contribution in [0.25, 0.3) is 0 Å². The lowest BCUT2D eigenvalue weighted by Gasteiger charge is -2.33. The predicted octanol–water partition coefficient (Wildman–Crippen LogP) is 1.86. The van der Waals surface area contributed by atoms with Crippen molar-refractivity contribution in [2.75, 3.05) is 17.2 Å². The molecule has 0 saturated heterocycles. The van der Waals surface area contributed by atoms with E-state index in [0.717, 1.165) is 10.6 Å². The Hall–Kier alpha value is -1.00. The SMILES string of the molecule is CC(C)(N)CN1C(=O)CSc2ccccc21. The highest BCUT2D eigenvalue weighted by molar-refractivity contribution is 8.00. The van der Waals surface area contributed by atoms with Crippen LogP contribution in [0.5, 0.6) is 0 Å². The van der Waals surface area contributed by atoms with Crippen molar-refractivity contribution < 1.29 is 4.79 Å². The topological polar surface area (TPSA) is 46.3 Å². The van der Waals surface area contributed by atoms with Gasteiger partial charge in [0.2, 0.25) is 5.91 Å². The zero-order valence-corrected chi connectivity index (χ0v) is 10.4. The number of anilines is 1. The van der Waals surface area contributed by atoms with Gasteiger partial charge in [0.25, 0.3) is 0 Å². The van der Waals surface area contributed by atoms with Crippen LogP contribution in [-0.2, 0) is 4.79 Å². The van der Waals surface area contributed by atoms with E-state index in [2.05, 4.69) is 0 Å². The van der Waals surface area contributed by atoms with E-state index in [1.54, 1.807) is 16.7 Å². The van der Waals surface area contributed by atoms with E-state index in [0.29, 0.717) is 12.3 Å². The number of nitrogens with zero attached hydrogens (tertiary/aromatic N) is 1. The van der Waals surface area contributed by atoms with E-state index in [-0.39, 0.29) is 11.4 Å². The molecule has 0 atom stereocenters. The molecule has 0 aromatic heterocycles. The Morgan fingerprint density at radius 1 is 1.44 bits per heavy atom. The Labute approximate surface area is 100.0 Å². The van der Waals surface area contributed by atoms with Crippen LogP contribution in [0.4, 0.5) is 5.69 Å². The minimum atomic E-state index is -0.370. The van der Waals surface area contributed by atoms with E-state index in [4.69, 9.17) is 5.73 Å². The molecular formula is C12H16N2OS. The number of amides is 1. The Morgan fingerprint density at radius 2 is 2.12 bits per heavy atom. The summed E-state index contributed by atoms with van der Waals surface area (Å²) in [5.74, 6) is 0.648. The molecule has 2 rings (SSSR count). The smallest absolute Gasteiger partial charge is 0.237 e. The first-order valence-electron chi connectivity index (χ1n) is 5.28. The van der Waals surface area contributed by atoms with Crippen LogP contribution in [0.1, 0.15) is 13.8 Å². The maximum Gasteiger partial charge on any atom is 0.237 e. The van der Waals surface area contributed by atoms with Crippen LogP contribution < -0.4 is 10.6 Å². The van der Waals surface area contributed by atoms with Crippen LogP contribution in [0.3, 0.4) is 0 Å². The average Bonchev–Trinajstić information content (AvgIpc) is 2.21. The second-order valence-electron chi connectivity index (χ2n) is 4.72. The molecule has 1 aliphatic rings. The summed E-state index contributed by atoms with van der Waals surface area (Å²) in [4.78, 5) is 14.8. The number of rotatable bonds is 2. The zero-order chi connectivity index (χ0) is 11.8. The fourth-order valence-electron chi connectivity index (χ4n) is 1.73. The summed E-state index contributed by atoms with van der Waals surface area (Å²) in [6.07, 6.45) is 0. The Morgan fingerprint density at radius 3 is 2.81 bits per heavy atom. The van der Waals surface area contributed by atoms with Crippen LogP contribution in [0.2, 0.25) is 0 Å². The van der Waals surface area contributed by atoms with Gasteiger partial charge in [-0.1, -0.05) is 12.1 Å². The lowest BCUT2D eigenvalue weighted by atomic mass is 10.1. The van der Waals surface area contributed by atoms with Crippen molar-refractivity contribution in [1.82, 2.24) is 0 Å². The summed E-state index contributed by atoms with van der Waals surface area (Å²) in [5.41, 5.74) is 6.60. The molecule has 4 heteroatoms. The molecule has 1 aromatic rings. The van der Waals surface area contributed by atoms with Gasteiger partial charge in [0.15, 0.2) is 0 Å². The molecular weight excluding hydrogens is 220 g/mol. The molecule has 0 bridgehead atoms. The maximum absolute atomic E-state index is 11.9. The number of benzene rings is 1. The minimum absolute atomic E-state index is 0.141. The molecule has 1 aromatic carbocycles. The summed E-state index contributed by atoms with van der Waals surface area (Å²) in [6.45, 7) is 4.43. The van der Waals surface area contributed by atoms with Gasteiger partial charge in [-0.15, -0.1) is 11.8 Å². The maximum atomic E-state index is 11.9. The second-order valence-corrected chi connectivity index (χ2v) is 5.74. The third-order valence-electron chi connectivity index (χ3n) is 2.37. The molecule has 2 N–H and O–H groups in total. The first-order chi connectivity index (χ1) is 7.47. The molecule has 0 fully saturated rings. The van der Waals surface area contributed by atoms with Crippen LogP contribution in [0.15, 0.2) is 29.2 Å². The zero-order valence-electron chi connectivity index (χ0n) is 9.56. The van der Waals surface area contributed by atoms with Crippen molar-refractivity contribution in [1.29, 1.82) is 0 Å². The van der Waals surface area contributed by atoms with Crippen LogP contribution in [-0.4, -0.2) is 23.7 Å². The van der Waals surface area contributed by atoms with Crippen molar-refractivity contribution in [2.45, 2.75) is 24.3 Å². The van der Waals surface area contributed by atoms with Crippen LogP contribution in [0, 0.1) is 0 Å². The van der Waals surface area contributed by atoms with Gasteiger partial charge in [0.1, 0.15) is 0 Å². The molecule has 16 heavy (non-hydrogen) atoms. The molecule has 0 unspecified atom stereocenters. The fourth-order valence-corrected chi connectivity index (χ4v) is 2.67. The molecule has 0 saturated carbocycles. The van der Waals surface area contributed by atoms with E-state index >= 15 is 0 Å². The highest BCUT2D eigenvalue weighted by Crippen LogP contribution is 2.35. The van der Waals surface area contributed by atoms with Crippen molar-refractivity contribution in [3.05, 3.63) is 24.3 Å². The van der Waals surface area contributed by atoms with E-state index in [1.807, 2.05) is 38.1 Å². The summed E-state index contributed by atoms with van der Waals surface area (Å²) in [5, 5.41) is 0. The number of hydrogen-bond donors (Lipinski definition) is 1. The van der Waals surface area contributed by atoms with Gasteiger partial charge in [0.05, 0.1) is 11.4 Å². The Bertz CT molecular complexity index is 412. The third kappa shape index (κ3) is 2.39. The molecule has 0 radical (unpaired) electrons. The minimum Gasteiger partial charge on any atom is -0.324 e. The van der Waals surface area contributed by atoms with Gasteiger partial charge in [0, 0.05) is 17.0 Å². The molecule has 0 spiro atoms. The number of nitrogens with two attached hydrogens (primary N) is 1. The summed E-state index contributed by atoms with van der Waals surface area (Å²) in [6, 6.07) is 7.97. The van der Waals surface area contributed by atoms with E-state index in [1.165, 1.54) is 0 Å². The number of carbonyl (C=O) groups excluding carboxylic acids is 1. The number of carbonyl (C=O) groups is 1. The fraction of sp³-hybridized carbons (Fsp3) is 0.417. The highest BCUT2D eigenvalue weighted by atomic mass is 32.2. The Kier molecular flexibility index (Phi) is 2.95. The average molecular weight is 236 g/mol. The number of para-hydroxylation sites is 1. The van der Waals surface area contributed by atoms with E-state index in [9.17, 15) is 4.79 Å². The monoisotopic (exact) mass is 236 g/mol. The molecule has 86 valence electrons. The lowest BCUT2D eigenvalue weighted by molar-refractivity contribution is -0.116. The van der Waals surface area contributed by atoms with Crippen molar-refractivity contribution in [3.63, 3.8) is 0 Å². The number of hydrogen-bond acceptors (Lipinski definition) is 3.